The van der Waals surface area contributed by atoms with Crippen molar-refractivity contribution >= 4 is 28.1 Å². The fourth-order valence-electron chi connectivity index (χ4n) is 2.87. The Balaban J connectivity index is 1.33. The standard InChI is InChI=1S/C17H15ClF3N5OS/c18-12-3-1-11(2-4-12)15-23-14(27-24-15)10-25-5-7-26(8-6-25)16-22-9-13(28-16)17(19,20)21/h1-4,9H,5-8,10H2. The quantitative estimate of drug-likeness (QED) is 0.620. The number of aromatic nitrogens is 3. The van der Waals surface area contributed by atoms with Gasteiger partial charge in [0.25, 0.3) is 0 Å². The predicted octanol–water partition coefficient (Wildman–Crippen LogP) is 4.19. The summed E-state index contributed by atoms with van der Waals surface area (Å²) in [6.07, 6.45) is -3.46. The lowest BCUT2D eigenvalue weighted by molar-refractivity contribution is -0.134. The van der Waals surface area contributed by atoms with Crippen molar-refractivity contribution in [3.63, 3.8) is 0 Å². The minimum absolute atomic E-state index is 0.398. The highest BCUT2D eigenvalue weighted by Gasteiger charge is 2.34. The van der Waals surface area contributed by atoms with E-state index in [1.807, 2.05) is 17.0 Å². The van der Waals surface area contributed by atoms with Crippen molar-refractivity contribution in [2.75, 3.05) is 31.1 Å². The van der Waals surface area contributed by atoms with Crippen LogP contribution in [0, 0.1) is 0 Å². The van der Waals surface area contributed by atoms with Crippen LogP contribution in [0.5, 0.6) is 0 Å². The highest BCUT2D eigenvalue weighted by atomic mass is 35.5. The zero-order valence-electron chi connectivity index (χ0n) is 14.5. The van der Waals surface area contributed by atoms with E-state index in [1.165, 1.54) is 0 Å². The number of nitrogens with zero attached hydrogens (tertiary/aromatic N) is 5. The third kappa shape index (κ3) is 4.29. The molecule has 148 valence electrons. The van der Waals surface area contributed by atoms with Gasteiger partial charge in [-0.25, -0.2) is 4.98 Å². The highest BCUT2D eigenvalue weighted by Crippen LogP contribution is 2.36. The topological polar surface area (TPSA) is 58.3 Å². The molecule has 0 aliphatic carbocycles. The van der Waals surface area contributed by atoms with E-state index in [1.54, 1.807) is 12.1 Å². The van der Waals surface area contributed by atoms with Crippen molar-refractivity contribution in [3.8, 4) is 11.4 Å². The molecule has 1 aliphatic rings. The Kier molecular flexibility index (Phi) is 5.26. The summed E-state index contributed by atoms with van der Waals surface area (Å²) in [5, 5.41) is 5.02. The second-order valence-electron chi connectivity index (χ2n) is 6.29. The largest absolute Gasteiger partial charge is 0.427 e. The average Bonchev–Trinajstić information content (AvgIpc) is 3.33. The van der Waals surface area contributed by atoms with E-state index in [0.717, 1.165) is 11.8 Å². The minimum Gasteiger partial charge on any atom is -0.346 e. The van der Waals surface area contributed by atoms with Gasteiger partial charge in [-0.2, -0.15) is 18.2 Å². The minimum atomic E-state index is -4.35. The van der Waals surface area contributed by atoms with E-state index in [4.69, 9.17) is 16.1 Å². The predicted molar refractivity (Wildman–Crippen MR) is 99.4 cm³/mol. The molecule has 0 bridgehead atoms. The third-order valence-electron chi connectivity index (χ3n) is 4.35. The van der Waals surface area contributed by atoms with Crippen molar-refractivity contribution < 1.29 is 17.7 Å². The molecular weight excluding hydrogens is 415 g/mol. The first-order valence-corrected chi connectivity index (χ1v) is 9.67. The number of halogens is 4. The number of hydrogen-bond acceptors (Lipinski definition) is 7. The van der Waals surface area contributed by atoms with Crippen LogP contribution in [0.25, 0.3) is 11.4 Å². The first kappa shape index (κ1) is 19.2. The number of hydrogen-bond donors (Lipinski definition) is 0. The SMILES string of the molecule is FC(F)(F)c1cnc(N2CCN(Cc3nc(-c4ccc(Cl)cc4)no3)CC2)s1. The number of piperazine rings is 1. The zero-order valence-corrected chi connectivity index (χ0v) is 16.1. The molecule has 0 atom stereocenters. The third-order valence-corrected chi connectivity index (χ3v) is 5.70. The average molecular weight is 430 g/mol. The first-order valence-electron chi connectivity index (χ1n) is 8.47. The molecule has 0 saturated carbocycles. The molecule has 0 unspecified atom stereocenters. The second kappa shape index (κ2) is 7.69. The van der Waals surface area contributed by atoms with E-state index < -0.39 is 11.1 Å². The lowest BCUT2D eigenvalue weighted by Crippen LogP contribution is -2.46. The van der Waals surface area contributed by atoms with Gasteiger partial charge in [0.1, 0.15) is 4.88 Å². The molecular formula is C17H15ClF3N5OS. The smallest absolute Gasteiger partial charge is 0.346 e. The summed E-state index contributed by atoms with van der Waals surface area (Å²) in [7, 11) is 0. The molecule has 1 aliphatic heterocycles. The van der Waals surface area contributed by atoms with Crippen LogP contribution in [0.3, 0.4) is 0 Å². The molecule has 0 spiro atoms. The van der Waals surface area contributed by atoms with Gasteiger partial charge in [-0.1, -0.05) is 28.1 Å². The Labute approximate surface area is 167 Å². The lowest BCUT2D eigenvalue weighted by Gasteiger charge is -2.33. The van der Waals surface area contributed by atoms with Crippen LogP contribution in [0.4, 0.5) is 18.3 Å². The lowest BCUT2D eigenvalue weighted by atomic mass is 10.2. The van der Waals surface area contributed by atoms with E-state index in [2.05, 4.69) is 20.0 Å². The summed E-state index contributed by atoms with van der Waals surface area (Å²) >= 11 is 6.55. The monoisotopic (exact) mass is 429 g/mol. The molecule has 11 heteroatoms. The van der Waals surface area contributed by atoms with Crippen LogP contribution < -0.4 is 4.90 Å². The van der Waals surface area contributed by atoms with Crippen LogP contribution in [-0.4, -0.2) is 46.2 Å². The molecule has 1 aromatic carbocycles. The van der Waals surface area contributed by atoms with Gasteiger partial charge in [0.15, 0.2) is 5.13 Å². The number of benzene rings is 1. The summed E-state index contributed by atoms with van der Waals surface area (Å²) in [6.45, 7) is 2.99. The Hall–Kier alpha value is -2.17. The van der Waals surface area contributed by atoms with E-state index >= 15 is 0 Å². The molecule has 6 nitrogen and oxygen atoms in total. The molecule has 1 saturated heterocycles. The summed E-state index contributed by atoms with van der Waals surface area (Å²) in [5.41, 5.74) is 0.813. The van der Waals surface area contributed by atoms with E-state index in [-0.39, 0.29) is 0 Å². The molecule has 1 fully saturated rings. The summed E-state index contributed by atoms with van der Waals surface area (Å²) < 4.78 is 43.5. The van der Waals surface area contributed by atoms with Crippen molar-refractivity contribution in [1.82, 2.24) is 20.0 Å². The molecule has 0 radical (unpaired) electrons. The number of thiazole rings is 1. The van der Waals surface area contributed by atoms with Crippen LogP contribution in [-0.2, 0) is 12.7 Å². The Bertz CT molecular complexity index is 935. The molecule has 28 heavy (non-hydrogen) atoms. The molecule has 4 rings (SSSR count). The fraction of sp³-hybridized carbons (Fsp3) is 0.353. The van der Waals surface area contributed by atoms with Crippen molar-refractivity contribution in [2.24, 2.45) is 0 Å². The number of rotatable bonds is 4. The van der Waals surface area contributed by atoms with Gasteiger partial charge in [-0.3, -0.25) is 4.90 Å². The van der Waals surface area contributed by atoms with Crippen LogP contribution in [0.1, 0.15) is 10.8 Å². The van der Waals surface area contributed by atoms with Gasteiger partial charge >= 0.3 is 6.18 Å². The Morgan fingerprint density at radius 1 is 1.11 bits per heavy atom. The number of anilines is 1. The second-order valence-corrected chi connectivity index (χ2v) is 7.73. The first-order chi connectivity index (χ1) is 13.4. The summed E-state index contributed by atoms with van der Waals surface area (Å²) in [5.74, 6) is 0.986. The van der Waals surface area contributed by atoms with Gasteiger partial charge in [0.05, 0.1) is 12.7 Å². The van der Waals surface area contributed by atoms with Crippen LogP contribution in [0.2, 0.25) is 5.02 Å². The maximum atomic E-state index is 12.7. The van der Waals surface area contributed by atoms with Crippen molar-refractivity contribution in [3.05, 3.63) is 46.3 Å². The number of alkyl halides is 3. The Morgan fingerprint density at radius 2 is 1.82 bits per heavy atom. The van der Waals surface area contributed by atoms with Gasteiger partial charge in [0, 0.05) is 36.8 Å². The summed E-state index contributed by atoms with van der Waals surface area (Å²) in [4.78, 5) is 11.6. The van der Waals surface area contributed by atoms with Crippen LogP contribution >= 0.6 is 22.9 Å². The van der Waals surface area contributed by atoms with Gasteiger partial charge in [-0.05, 0) is 24.3 Å². The highest BCUT2D eigenvalue weighted by molar-refractivity contribution is 7.15. The van der Waals surface area contributed by atoms with Gasteiger partial charge in [0.2, 0.25) is 11.7 Å². The molecule has 3 heterocycles. The van der Waals surface area contributed by atoms with Crippen LogP contribution in [0.15, 0.2) is 35.0 Å². The van der Waals surface area contributed by atoms with Crippen molar-refractivity contribution in [2.45, 2.75) is 12.7 Å². The molecule has 0 amide bonds. The van der Waals surface area contributed by atoms with E-state index in [9.17, 15) is 13.2 Å². The maximum absolute atomic E-state index is 12.7. The molecule has 0 N–H and O–H groups in total. The fourth-order valence-corrected chi connectivity index (χ4v) is 3.83. The van der Waals surface area contributed by atoms with Gasteiger partial charge < -0.3 is 9.42 Å². The molecule has 2 aromatic heterocycles. The maximum Gasteiger partial charge on any atom is 0.427 e. The Morgan fingerprint density at radius 3 is 2.46 bits per heavy atom. The normalized spacial score (nSPS) is 15.9. The van der Waals surface area contributed by atoms with Gasteiger partial charge in [-0.15, -0.1) is 0 Å². The van der Waals surface area contributed by atoms with Crippen molar-refractivity contribution in [1.29, 1.82) is 0 Å². The zero-order chi connectivity index (χ0) is 19.7. The van der Waals surface area contributed by atoms with E-state index in [0.29, 0.717) is 65.9 Å². The molecule has 3 aromatic rings. The summed E-state index contributed by atoms with van der Waals surface area (Å²) in [6, 6.07) is 7.15.